The largest absolute Gasteiger partial charge is 0.459 e. The molecule has 2 aromatic heterocycles. The Morgan fingerprint density at radius 1 is 1.00 bits per heavy atom. The Kier molecular flexibility index (Phi) is 7.85. The zero-order valence-electron chi connectivity index (χ0n) is 19.2. The molecule has 10 heteroatoms. The molecule has 3 N–H and O–H groups in total. The van der Waals surface area contributed by atoms with Gasteiger partial charge in [0.2, 0.25) is 5.91 Å². The molecular weight excluding hydrogens is 458 g/mol. The van der Waals surface area contributed by atoms with E-state index in [-0.39, 0.29) is 17.2 Å². The summed E-state index contributed by atoms with van der Waals surface area (Å²) >= 11 is 1.03. The number of nitrogens with one attached hydrogen (secondary N) is 3. The molecule has 0 bridgehead atoms. The van der Waals surface area contributed by atoms with Crippen molar-refractivity contribution in [3.05, 3.63) is 70.0 Å². The van der Waals surface area contributed by atoms with Crippen LogP contribution < -0.4 is 16.0 Å². The van der Waals surface area contributed by atoms with Crippen LogP contribution in [-0.2, 0) is 14.3 Å². The van der Waals surface area contributed by atoms with Gasteiger partial charge in [0.1, 0.15) is 4.88 Å². The lowest BCUT2D eigenvalue weighted by Crippen LogP contribution is -2.40. The Balaban J connectivity index is 1.52. The van der Waals surface area contributed by atoms with Gasteiger partial charge in [0, 0.05) is 5.69 Å². The Morgan fingerprint density at radius 3 is 2.35 bits per heavy atom. The summed E-state index contributed by atoms with van der Waals surface area (Å²) in [6.07, 6.45) is 0.264. The van der Waals surface area contributed by atoms with Gasteiger partial charge >= 0.3 is 5.97 Å². The van der Waals surface area contributed by atoms with Gasteiger partial charge in [0.05, 0.1) is 17.8 Å². The molecular formula is C24H25N3O6S. The summed E-state index contributed by atoms with van der Waals surface area (Å²) in [7, 11) is 0. The second kappa shape index (κ2) is 10.8. The maximum Gasteiger partial charge on any atom is 0.349 e. The molecule has 0 saturated carbocycles. The fraction of sp³-hybridized carbons (Fsp3) is 0.250. The lowest BCUT2D eigenvalue weighted by atomic mass is 10.1. The molecule has 2 heterocycles. The number of benzene rings is 1. The molecule has 1 atom stereocenters. The standard InChI is InChI=1S/C24H25N3O6S/c1-13-7-5-8-14(2)20(13)26-18(28)12-25-22(29)16(4)33-24(31)21-15(3)11-19(34-21)27-23(30)17-9-6-10-32-17/h5-11,16H,12H2,1-4H3,(H,25,29)(H,26,28)(H,27,30). The number of rotatable bonds is 8. The van der Waals surface area contributed by atoms with Crippen molar-refractivity contribution in [3.8, 4) is 0 Å². The third-order valence-corrected chi connectivity index (χ3v) is 6.04. The van der Waals surface area contributed by atoms with Gasteiger partial charge in [0.15, 0.2) is 11.9 Å². The first-order valence-electron chi connectivity index (χ1n) is 10.5. The summed E-state index contributed by atoms with van der Waals surface area (Å²) in [5.41, 5.74) is 3.11. The first-order chi connectivity index (χ1) is 16.2. The number of furan rings is 1. The Morgan fingerprint density at radius 2 is 1.71 bits per heavy atom. The van der Waals surface area contributed by atoms with Crippen molar-refractivity contribution in [3.63, 3.8) is 0 Å². The number of esters is 1. The molecule has 0 saturated heterocycles. The van der Waals surface area contributed by atoms with Gasteiger partial charge < -0.3 is 25.1 Å². The molecule has 0 radical (unpaired) electrons. The predicted octanol–water partition coefficient (Wildman–Crippen LogP) is 3.82. The fourth-order valence-electron chi connectivity index (χ4n) is 3.10. The fourth-order valence-corrected chi connectivity index (χ4v) is 4.05. The number of carbonyl (C=O) groups excluding carboxylic acids is 4. The summed E-state index contributed by atoms with van der Waals surface area (Å²) in [5, 5.41) is 8.33. The second-order valence-electron chi connectivity index (χ2n) is 7.63. The molecule has 0 aliphatic carbocycles. The van der Waals surface area contributed by atoms with Crippen LogP contribution >= 0.6 is 11.3 Å². The number of carbonyl (C=O) groups is 4. The molecule has 3 amide bonds. The summed E-state index contributed by atoms with van der Waals surface area (Å²) in [6, 6.07) is 10.4. The normalized spacial score (nSPS) is 11.4. The van der Waals surface area contributed by atoms with Crippen LogP contribution in [0, 0.1) is 20.8 Å². The van der Waals surface area contributed by atoms with Crippen LogP contribution in [0.2, 0.25) is 0 Å². The molecule has 1 aromatic carbocycles. The number of hydrogen-bond acceptors (Lipinski definition) is 7. The molecule has 0 aliphatic heterocycles. The topological polar surface area (TPSA) is 127 Å². The van der Waals surface area contributed by atoms with Gasteiger partial charge in [-0.15, -0.1) is 11.3 Å². The average Bonchev–Trinajstić information content (AvgIpc) is 3.44. The smallest absolute Gasteiger partial charge is 0.349 e. The lowest BCUT2D eigenvalue weighted by Gasteiger charge is -2.14. The van der Waals surface area contributed by atoms with E-state index in [1.165, 1.54) is 19.3 Å². The van der Waals surface area contributed by atoms with Gasteiger partial charge in [-0.1, -0.05) is 18.2 Å². The van der Waals surface area contributed by atoms with Crippen LogP contribution in [0.25, 0.3) is 0 Å². The molecule has 0 aliphatic rings. The van der Waals surface area contributed by atoms with Gasteiger partial charge in [-0.05, 0) is 62.6 Å². The number of para-hydroxylation sites is 1. The van der Waals surface area contributed by atoms with E-state index >= 15 is 0 Å². The first kappa shape index (κ1) is 24.7. The van der Waals surface area contributed by atoms with Crippen molar-refractivity contribution in [1.82, 2.24) is 5.32 Å². The van der Waals surface area contributed by atoms with E-state index in [2.05, 4.69) is 16.0 Å². The van der Waals surface area contributed by atoms with Crippen molar-refractivity contribution in [2.75, 3.05) is 17.2 Å². The Bertz CT molecular complexity index is 1200. The van der Waals surface area contributed by atoms with Gasteiger partial charge in [-0.3, -0.25) is 14.4 Å². The van der Waals surface area contributed by atoms with E-state index in [9.17, 15) is 19.2 Å². The second-order valence-corrected chi connectivity index (χ2v) is 8.69. The quantitative estimate of drug-likeness (QED) is 0.418. The zero-order chi connectivity index (χ0) is 24.8. The number of amides is 3. The van der Waals surface area contributed by atoms with Crippen LogP contribution in [-0.4, -0.2) is 36.3 Å². The SMILES string of the molecule is Cc1cc(NC(=O)c2ccco2)sc1C(=O)OC(C)C(=O)NCC(=O)Nc1c(C)cccc1C. The van der Waals surface area contributed by atoms with Crippen molar-refractivity contribution in [2.45, 2.75) is 33.8 Å². The minimum Gasteiger partial charge on any atom is -0.459 e. The number of ether oxygens (including phenoxy) is 1. The minimum absolute atomic E-state index is 0.141. The highest BCUT2D eigenvalue weighted by Gasteiger charge is 2.23. The van der Waals surface area contributed by atoms with Crippen molar-refractivity contribution < 1.29 is 28.3 Å². The minimum atomic E-state index is -1.12. The maximum absolute atomic E-state index is 12.6. The van der Waals surface area contributed by atoms with Crippen LogP contribution in [0.4, 0.5) is 10.7 Å². The first-order valence-corrected chi connectivity index (χ1v) is 11.3. The van der Waals surface area contributed by atoms with E-state index < -0.39 is 29.8 Å². The summed E-state index contributed by atoms with van der Waals surface area (Å²) < 4.78 is 10.3. The third kappa shape index (κ3) is 6.10. The highest BCUT2D eigenvalue weighted by molar-refractivity contribution is 7.18. The number of hydrogen-bond donors (Lipinski definition) is 3. The number of anilines is 2. The van der Waals surface area contributed by atoms with E-state index in [0.717, 1.165) is 22.5 Å². The van der Waals surface area contributed by atoms with Crippen LogP contribution in [0.5, 0.6) is 0 Å². The number of aryl methyl sites for hydroxylation is 3. The molecule has 3 aromatic rings. The van der Waals surface area contributed by atoms with E-state index in [1.54, 1.807) is 19.1 Å². The summed E-state index contributed by atoms with van der Waals surface area (Å²) in [5.74, 6) is -2.01. The van der Waals surface area contributed by atoms with Crippen molar-refractivity contribution >= 4 is 45.7 Å². The zero-order valence-corrected chi connectivity index (χ0v) is 20.0. The molecule has 9 nitrogen and oxygen atoms in total. The maximum atomic E-state index is 12.6. The summed E-state index contributed by atoms with van der Waals surface area (Å²) in [6.45, 7) is 6.60. The van der Waals surface area contributed by atoms with Gasteiger partial charge in [-0.25, -0.2) is 4.79 Å². The van der Waals surface area contributed by atoms with Crippen LogP contribution in [0.3, 0.4) is 0 Å². The van der Waals surface area contributed by atoms with E-state index in [0.29, 0.717) is 16.3 Å². The Labute approximate surface area is 200 Å². The average molecular weight is 484 g/mol. The van der Waals surface area contributed by atoms with Gasteiger partial charge in [-0.2, -0.15) is 0 Å². The Hall–Kier alpha value is -3.92. The molecule has 0 spiro atoms. The highest BCUT2D eigenvalue weighted by Crippen LogP contribution is 2.28. The molecule has 34 heavy (non-hydrogen) atoms. The van der Waals surface area contributed by atoms with E-state index in [4.69, 9.17) is 9.15 Å². The molecule has 0 fully saturated rings. The summed E-state index contributed by atoms with van der Waals surface area (Å²) in [4.78, 5) is 49.5. The van der Waals surface area contributed by atoms with Crippen LogP contribution in [0.1, 0.15) is 43.8 Å². The molecule has 1 unspecified atom stereocenters. The van der Waals surface area contributed by atoms with Crippen molar-refractivity contribution in [1.29, 1.82) is 0 Å². The third-order valence-electron chi connectivity index (χ3n) is 4.91. The number of thiophene rings is 1. The van der Waals surface area contributed by atoms with Gasteiger partial charge in [0.25, 0.3) is 11.8 Å². The van der Waals surface area contributed by atoms with Crippen LogP contribution in [0.15, 0.2) is 47.1 Å². The lowest BCUT2D eigenvalue weighted by molar-refractivity contribution is -0.130. The monoisotopic (exact) mass is 483 g/mol. The molecule has 178 valence electrons. The van der Waals surface area contributed by atoms with Crippen molar-refractivity contribution in [2.24, 2.45) is 0 Å². The van der Waals surface area contributed by atoms with E-state index in [1.807, 2.05) is 32.0 Å². The highest BCUT2D eigenvalue weighted by atomic mass is 32.1. The predicted molar refractivity (Wildman–Crippen MR) is 128 cm³/mol. The molecule has 3 rings (SSSR count).